The van der Waals surface area contributed by atoms with Crippen LogP contribution >= 0.6 is 23.4 Å². The Bertz CT molecular complexity index is 617. The molecule has 0 heterocycles. The Kier molecular flexibility index (Phi) is 5.66. The Labute approximate surface area is 131 Å². The molecule has 0 aliphatic carbocycles. The second-order valence-corrected chi connectivity index (χ2v) is 5.60. The molecule has 0 atom stereocenters. The number of hydrogen-bond donors (Lipinski definition) is 2. The molecule has 2 N–H and O–H groups in total. The smallest absolute Gasteiger partial charge is 0.269 e. The van der Waals surface area contributed by atoms with E-state index in [-0.39, 0.29) is 17.6 Å². The number of amides is 2. The van der Waals surface area contributed by atoms with Gasteiger partial charge in [0.2, 0.25) is 5.91 Å². The van der Waals surface area contributed by atoms with Crippen molar-refractivity contribution in [2.75, 3.05) is 5.75 Å². The van der Waals surface area contributed by atoms with Gasteiger partial charge in [-0.3, -0.25) is 20.4 Å². The summed E-state index contributed by atoms with van der Waals surface area (Å²) < 4.78 is 0. The van der Waals surface area contributed by atoms with Gasteiger partial charge in [-0.15, -0.1) is 11.8 Å². The van der Waals surface area contributed by atoms with E-state index in [2.05, 4.69) is 10.9 Å². The highest BCUT2D eigenvalue weighted by Gasteiger charge is 2.07. The van der Waals surface area contributed by atoms with E-state index < -0.39 is 0 Å². The standard InChI is InChI=1S/C15H13ClN2O2S/c16-12-8-6-11(7-9-12)15(20)18-17-14(19)10-21-13-4-2-1-3-5-13/h1-9H,10H2,(H,17,19)(H,18,20). The molecule has 0 bridgehead atoms. The number of hydrogen-bond acceptors (Lipinski definition) is 3. The molecule has 0 aromatic heterocycles. The van der Waals surface area contributed by atoms with Crippen LogP contribution in [-0.2, 0) is 4.79 Å². The zero-order chi connectivity index (χ0) is 15.1. The monoisotopic (exact) mass is 320 g/mol. The molecule has 0 saturated heterocycles. The molecule has 21 heavy (non-hydrogen) atoms. The van der Waals surface area contributed by atoms with E-state index in [1.54, 1.807) is 24.3 Å². The van der Waals surface area contributed by atoms with E-state index in [9.17, 15) is 9.59 Å². The van der Waals surface area contributed by atoms with Crippen molar-refractivity contribution in [3.8, 4) is 0 Å². The second-order valence-electron chi connectivity index (χ2n) is 4.11. The summed E-state index contributed by atoms with van der Waals surface area (Å²) in [5, 5.41) is 0.551. The average Bonchev–Trinajstić information content (AvgIpc) is 2.52. The van der Waals surface area contributed by atoms with Crippen LogP contribution in [0.25, 0.3) is 0 Å². The minimum Gasteiger partial charge on any atom is -0.272 e. The molecular weight excluding hydrogens is 308 g/mol. The normalized spacial score (nSPS) is 9.95. The van der Waals surface area contributed by atoms with Crippen LogP contribution < -0.4 is 10.9 Å². The highest BCUT2D eigenvalue weighted by molar-refractivity contribution is 8.00. The molecule has 0 unspecified atom stereocenters. The third-order valence-corrected chi connectivity index (χ3v) is 3.80. The Morgan fingerprint density at radius 2 is 1.62 bits per heavy atom. The number of carbonyl (C=O) groups is 2. The largest absolute Gasteiger partial charge is 0.272 e. The highest BCUT2D eigenvalue weighted by atomic mass is 35.5. The summed E-state index contributed by atoms with van der Waals surface area (Å²) >= 11 is 7.14. The van der Waals surface area contributed by atoms with Crippen LogP contribution in [0.15, 0.2) is 59.5 Å². The van der Waals surface area contributed by atoms with Crippen LogP contribution in [0.4, 0.5) is 0 Å². The number of nitrogens with one attached hydrogen (secondary N) is 2. The third-order valence-electron chi connectivity index (χ3n) is 2.53. The topological polar surface area (TPSA) is 58.2 Å². The van der Waals surface area contributed by atoms with Gasteiger partial charge in [0, 0.05) is 15.5 Å². The van der Waals surface area contributed by atoms with E-state index in [0.717, 1.165) is 4.90 Å². The molecule has 2 amide bonds. The molecule has 0 saturated carbocycles. The summed E-state index contributed by atoms with van der Waals surface area (Å²) in [7, 11) is 0. The van der Waals surface area contributed by atoms with Crippen LogP contribution in [0.1, 0.15) is 10.4 Å². The maximum Gasteiger partial charge on any atom is 0.269 e. The zero-order valence-electron chi connectivity index (χ0n) is 11.0. The van der Waals surface area contributed by atoms with Gasteiger partial charge in [-0.1, -0.05) is 29.8 Å². The van der Waals surface area contributed by atoms with Gasteiger partial charge in [0.25, 0.3) is 5.91 Å². The van der Waals surface area contributed by atoms with E-state index in [1.807, 2.05) is 30.3 Å². The fraction of sp³-hybridized carbons (Fsp3) is 0.0667. The number of rotatable bonds is 4. The number of halogens is 1. The molecular formula is C15H13ClN2O2S. The Balaban J connectivity index is 1.76. The highest BCUT2D eigenvalue weighted by Crippen LogP contribution is 2.16. The summed E-state index contributed by atoms with van der Waals surface area (Å²) in [6, 6.07) is 16.0. The van der Waals surface area contributed by atoms with Crippen molar-refractivity contribution in [3.63, 3.8) is 0 Å². The van der Waals surface area contributed by atoms with Crippen molar-refractivity contribution in [3.05, 3.63) is 65.2 Å². The predicted molar refractivity (Wildman–Crippen MR) is 84.2 cm³/mol. The minimum atomic E-state index is -0.385. The summed E-state index contributed by atoms with van der Waals surface area (Å²) in [4.78, 5) is 24.4. The third kappa shape index (κ3) is 5.13. The molecule has 6 heteroatoms. The maximum atomic E-state index is 11.8. The summed E-state index contributed by atoms with van der Waals surface area (Å²) in [6.07, 6.45) is 0. The first-order chi connectivity index (χ1) is 10.1. The van der Waals surface area contributed by atoms with Crippen molar-refractivity contribution in [1.29, 1.82) is 0 Å². The molecule has 0 fully saturated rings. The SMILES string of the molecule is O=C(CSc1ccccc1)NNC(=O)c1ccc(Cl)cc1. The lowest BCUT2D eigenvalue weighted by atomic mass is 10.2. The lowest BCUT2D eigenvalue weighted by Crippen LogP contribution is -2.42. The summed E-state index contributed by atoms with van der Waals surface area (Å²) in [5.74, 6) is -0.429. The van der Waals surface area contributed by atoms with Crippen LogP contribution in [0.2, 0.25) is 5.02 Å². The van der Waals surface area contributed by atoms with Crippen molar-refractivity contribution < 1.29 is 9.59 Å². The molecule has 0 spiro atoms. The van der Waals surface area contributed by atoms with Gasteiger partial charge < -0.3 is 0 Å². The summed E-state index contributed by atoms with van der Waals surface area (Å²) in [5.41, 5.74) is 5.16. The number of thioether (sulfide) groups is 1. The van der Waals surface area contributed by atoms with Crippen LogP contribution in [-0.4, -0.2) is 17.6 Å². The van der Waals surface area contributed by atoms with Crippen LogP contribution in [0.5, 0.6) is 0 Å². The lowest BCUT2D eigenvalue weighted by molar-refractivity contribution is -0.119. The first-order valence-electron chi connectivity index (χ1n) is 6.18. The van der Waals surface area contributed by atoms with Gasteiger partial charge in [-0.05, 0) is 36.4 Å². The molecule has 108 valence electrons. The zero-order valence-corrected chi connectivity index (χ0v) is 12.6. The van der Waals surface area contributed by atoms with Crippen molar-refractivity contribution in [2.45, 2.75) is 4.90 Å². The Hall–Kier alpha value is -1.98. The van der Waals surface area contributed by atoms with Gasteiger partial charge in [0.1, 0.15) is 0 Å². The number of carbonyl (C=O) groups excluding carboxylic acids is 2. The van der Waals surface area contributed by atoms with Gasteiger partial charge in [0.05, 0.1) is 5.75 Å². The van der Waals surface area contributed by atoms with Crippen LogP contribution in [0.3, 0.4) is 0 Å². The second kappa shape index (κ2) is 7.71. The van der Waals surface area contributed by atoms with Gasteiger partial charge >= 0.3 is 0 Å². The van der Waals surface area contributed by atoms with Gasteiger partial charge in [-0.25, -0.2) is 0 Å². The first kappa shape index (κ1) is 15.4. The van der Waals surface area contributed by atoms with Gasteiger partial charge in [-0.2, -0.15) is 0 Å². The lowest BCUT2D eigenvalue weighted by Gasteiger charge is -2.07. The molecule has 4 nitrogen and oxygen atoms in total. The van der Waals surface area contributed by atoms with Gasteiger partial charge in [0.15, 0.2) is 0 Å². The molecule has 2 rings (SSSR count). The molecule has 0 aliphatic heterocycles. The first-order valence-corrected chi connectivity index (χ1v) is 7.54. The molecule has 2 aromatic carbocycles. The van der Waals surface area contributed by atoms with Crippen molar-refractivity contribution >= 4 is 35.2 Å². The molecule has 0 radical (unpaired) electrons. The molecule has 2 aromatic rings. The summed E-state index contributed by atoms with van der Waals surface area (Å²) in [6.45, 7) is 0. The van der Waals surface area contributed by atoms with Crippen LogP contribution in [0, 0.1) is 0 Å². The number of benzene rings is 2. The molecule has 0 aliphatic rings. The number of hydrazine groups is 1. The van der Waals surface area contributed by atoms with E-state index in [4.69, 9.17) is 11.6 Å². The van der Waals surface area contributed by atoms with Crippen molar-refractivity contribution in [1.82, 2.24) is 10.9 Å². The average molecular weight is 321 g/mol. The fourth-order valence-corrected chi connectivity index (χ4v) is 2.35. The maximum absolute atomic E-state index is 11.8. The van der Waals surface area contributed by atoms with E-state index in [0.29, 0.717) is 10.6 Å². The Morgan fingerprint density at radius 3 is 2.29 bits per heavy atom. The fourth-order valence-electron chi connectivity index (χ4n) is 1.50. The van der Waals surface area contributed by atoms with Crippen molar-refractivity contribution in [2.24, 2.45) is 0 Å². The Morgan fingerprint density at radius 1 is 0.952 bits per heavy atom. The van der Waals surface area contributed by atoms with E-state index in [1.165, 1.54) is 11.8 Å². The minimum absolute atomic E-state index is 0.227. The van der Waals surface area contributed by atoms with E-state index >= 15 is 0 Å². The predicted octanol–water partition coefficient (Wildman–Crippen LogP) is 2.89. The quantitative estimate of drug-likeness (QED) is 0.672.